The van der Waals surface area contributed by atoms with Crippen LogP contribution in [-0.4, -0.2) is 21.1 Å². The molecule has 1 N–H and O–H groups in total. The number of benzene rings is 1. The molecule has 6 nitrogen and oxygen atoms in total. The lowest BCUT2D eigenvalue weighted by molar-refractivity contribution is -0.116. The van der Waals surface area contributed by atoms with Gasteiger partial charge in [0.15, 0.2) is 0 Å². The molecule has 26 heavy (non-hydrogen) atoms. The van der Waals surface area contributed by atoms with Gasteiger partial charge in [-0.2, -0.15) is 11.3 Å². The zero-order chi connectivity index (χ0) is 17.9. The van der Waals surface area contributed by atoms with Gasteiger partial charge in [0.2, 0.25) is 17.7 Å². The Balaban J connectivity index is 1.43. The number of halogens is 1. The molecule has 4 rings (SSSR count). The number of aromatic nitrogens is 3. The first kappa shape index (κ1) is 16.7. The third kappa shape index (κ3) is 3.58. The fourth-order valence-corrected chi connectivity index (χ4v) is 3.40. The van der Waals surface area contributed by atoms with Gasteiger partial charge in [0.25, 0.3) is 0 Å². The van der Waals surface area contributed by atoms with Crippen molar-refractivity contribution >= 4 is 45.4 Å². The first-order chi connectivity index (χ1) is 12.7. The highest BCUT2D eigenvalue weighted by molar-refractivity contribution is 7.08. The molecule has 0 fully saturated rings. The molecule has 0 aliphatic rings. The number of aryl methyl sites for hydroxylation is 1. The SMILES string of the molecule is O=C(CCc1nnc(-c2ccsc2)o1)Nc1cc(Cl)cc2cccnc12. The number of amides is 1. The molecule has 0 atom stereocenters. The van der Waals surface area contributed by atoms with Crippen molar-refractivity contribution in [2.45, 2.75) is 12.8 Å². The largest absolute Gasteiger partial charge is 0.421 e. The van der Waals surface area contributed by atoms with E-state index in [1.807, 2.05) is 35.0 Å². The van der Waals surface area contributed by atoms with Gasteiger partial charge < -0.3 is 9.73 Å². The van der Waals surface area contributed by atoms with E-state index in [0.29, 0.717) is 34.4 Å². The molecule has 130 valence electrons. The van der Waals surface area contributed by atoms with E-state index in [1.165, 1.54) is 0 Å². The summed E-state index contributed by atoms with van der Waals surface area (Å²) >= 11 is 7.68. The predicted octanol–water partition coefficient (Wildman–Crippen LogP) is 4.57. The summed E-state index contributed by atoms with van der Waals surface area (Å²) in [5, 5.41) is 16.1. The fourth-order valence-electron chi connectivity index (χ4n) is 2.54. The Morgan fingerprint density at radius 2 is 2.19 bits per heavy atom. The highest BCUT2D eigenvalue weighted by Crippen LogP contribution is 2.26. The number of carbonyl (C=O) groups excluding carboxylic acids is 1. The molecule has 0 bridgehead atoms. The highest BCUT2D eigenvalue weighted by atomic mass is 35.5. The predicted molar refractivity (Wildman–Crippen MR) is 101 cm³/mol. The minimum Gasteiger partial charge on any atom is -0.421 e. The van der Waals surface area contributed by atoms with Crippen LogP contribution in [0.25, 0.3) is 22.4 Å². The lowest BCUT2D eigenvalue weighted by atomic mass is 10.2. The van der Waals surface area contributed by atoms with Crippen molar-refractivity contribution in [3.63, 3.8) is 0 Å². The number of nitrogens with zero attached hydrogens (tertiary/aromatic N) is 3. The summed E-state index contributed by atoms with van der Waals surface area (Å²) < 4.78 is 5.59. The summed E-state index contributed by atoms with van der Waals surface area (Å²) in [5.41, 5.74) is 2.17. The summed E-state index contributed by atoms with van der Waals surface area (Å²) in [5.74, 6) is 0.719. The number of carbonyl (C=O) groups is 1. The minimum atomic E-state index is -0.172. The van der Waals surface area contributed by atoms with Crippen molar-refractivity contribution < 1.29 is 9.21 Å². The Kier molecular flexibility index (Phi) is 4.64. The van der Waals surface area contributed by atoms with Crippen LogP contribution in [0.5, 0.6) is 0 Å². The van der Waals surface area contributed by atoms with Gasteiger partial charge in [-0.05, 0) is 29.6 Å². The minimum absolute atomic E-state index is 0.172. The van der Waals surface area contributed by atoms with Crippen molar-refractivity contribution in [3.05, 3.63) is 58.2 Å². The molecule has 0 radical (unpaired) electrons. The lowest BCUT2D eigenvalue weighted by Gasteiger charge is -2.08. The van der Waals surface area contributed by atoms with Crippen molar-refractivity contribution in [3.8, 4) is 11.5 Å². The standard InChI is InChI=1S/C18H13ClN4O2S/c19-13-8-11-2-1-6-20-17(11)14(9-13)21-15(24)3-4-16-22-23-18(25-16)12-5-7-26-10-12/h1-2,5-10H,3-4H2,(H,21,24). The van der Waals surface area contributed by atoms with Crippen LogP contribution in [0.4, 0.5) is 5.69 Å². The second-order valence-electron chi connectivity index (χ2n) is 5.59. The summed E-state index contributed by atoms with van der Waals surface area (Å²) in [6, 6.07) is 9.13. The van der Waals surface area contributed by atoms with Crippen LogP contribution in [-0.2, 0) is 11.2 Å². The number of thiophene rings is 1. The maximum atomic E-state index is 12.3. The van der Waals surface area contributed by atoms with Crippen LogP contribution in [0.1, 0.15) is 12.3 Å². The Hall–Kier alpha value is -2.77. The Labute approximate surface area is 157 Å². The average molecular weight is 385 g/mol. The quantitative estimate of drug-likeness (QED) is 0.545. The average Bonchev–Trinajstić information content (AvgIpc) is 3.31. The first-order valence-corrected chi connectivity index (χ1v) is 9.20. The highest BCUT2D eigenvalue weighted by Gasteiger charge is 2.12. The second kappa shape index (κ2) is 7.23. The maximum Gasteiger partial charge on any atom is 0.248 e. The van der Waals surface area contributed by atoms with Crippen LogP contribution in [0.3, 0.4) is 0 Å². The first-order valence-electron chi connectivity index (χ1n) is 7.88. The number of hydrogen-bond donors (Lipinski definition) is 1. The molecule has 1 amide bonds. The number of hydrogen-bond acceptors (Lipinski definition) is 6. The van der Waals surface area contributed by atoms with E-state index in [9.17, 15) is 4.79 Å². The number of nitrogens with one attached hydrogen (secondary N) is 1. The van der Waals surface area contributed by atoms with Crippen molar-refractivity contribution in [1.82, 2.24) is 15.2 Å². The second-order valence-corrected chi connectivity index (χ2v) is 6.81. The van der Waals surface area contributed by atoms with Gasteiger partial charge in [0, 0.05) is 40.4 Å². The molecule has 0 unspecified atom stereocenters. The van der Waals surface area contributed by atoms with Gasteiger partial charge in [-0.3, -0.25) is 9.78 Å². The molecule has 0 saturated carbocycles. The zero-order valence-corrected chi connectivity index (χ0v) is 15.0. The molecule has 0 aliphatic heterocycles. The van der Waals surface area contributed by atoms with Gasteiger partial charge in [-0.15, -0.1) is 10.2 Å². The van der Waals surface area contributed by atoms with Crippen molar-refractivity contribution in [2.75, 3.05) is 5.32 Å². The molecule has 3 aromatic heterocycles. The van der Waals surface area contributed by atoms with Gasteiger partial charge in [0.1, 0.15) is 0 Å². The normalized spacial score (nSPS) is 11.0. The third-order valence-electron chi connectivity index (χ3n) is 3.74. The molecule has 4 aromatic rings. The summed E-state index contributed by atoms with van der Waals surface area (Å²) in [7, 11) is 0. The monoisotopic (exact) mass is 384 g/mol. The van der Waals surface area contributed by atoms with Gasteiger partial charge in [-0.1, -0.05) is 17.7 Å². The lowest BCUT2D eigenvalue weighted by Crippen LogP contribution is -2.13. The number of rotatable bonds is 5. The van der Waals surface area contributed by atoms with Gasteiger partial charge in [0.05, 0.1) is 11.2 Å². The smallest absolute Gasteiger partial charge is 0.248 e. The molecular weight excluding hydrogens is 372 g/mol. The van der Waals surface area contributed by atoms with E-state index in [4.69, 9.17) is 16.0 Å². The third-order valence-corrected chi connectivity index (χ3v) is 4.65. The van der Waals surface area contributed by atoms with E-state index in [0.717, 1.165) is 10.9 Å². The van der Waals surface area contributed by atoms with Crippen LogP contribution >= 0.6 is 22.9 Å². The topological polar surface area (TPSA) is 80.9 Å². The molecular formula is C18H13ClN4O2S. The number of pyridine rings is 1. The number of fused-ring (bicyclic) bond motifs is 1. The van der Waals surface area contributed by atoms with Crippen LogP contribution in [0.15, 0.2) is 51.7 Å². The van der Waals surface area contributed by atoms with Crippen molar-refractivity contribution in [2.24, 2.45) is 0 Å². The fraction of sp³-hybridized carbons (Fsp3) is 0.111. The summed E-state index contributed by atoms with van der Waals surface area (Å²) in [6.45, 7) is 0. The summed E-state index contributed by atoms with van der Waals surface area (Å²) in [4.78, 5) is 16.6. The molecule has 0 saturated heterocycles. The molecule has 1 aromatic carbocycles. The molecule has 0 spiro atoms. The Morgan fingerprint density at radius 1 is 1.27 bits per heavy atom. The Morgan fingerprint density at radius 3 is 3.04 bits per heavy atom. The van der Waals surface area contributed by atoms with Gasteiger partial charge >= 0.3 is 0 Å². The van der Waals surface area contributed by atoms with Crippen molar-refractivity contribution in [1.29, 1.82) is 0 Å². The van der Waals surface area contributed by atoms with E-state index in [1.54, 1.807) is 23.6 Å². The molecule has 8 heteroatoms. The van der Waals surface area contributed by atoms with Crippen LogP contribution in [0, 0.1) is 0 Å². The van der Waals surface area contributed by atoms with E-state index < -0.39 is 0 Å². The number of anilines is 1. The van der Waals surface area contributed by atoms with Gasteiger partial charge in [-0.25, -0.2) is 0 Å². The maximum absolute atomic E-state index is 12.3. The molecule has 0 aliphatic carbocycles. The van der Waals surface area contributed by atoms with E-state index in [-0.39, 0.29) is 12.3 Å². The van der Waals surface area contributed by atoms with Crippen LogP contribution in [0.2, 0.25) is 5.02 Å². The van der Waals surface area contributed by atoms with E-state index >= 15 is 0 Å². The zero-order valence-electron chi connectivity index (χ0n) is 13.5. The molecule has 3 heterocycles. The van der Waals surface area contributed by atoms with Crippen LogP contribution < -0.4 is 5.32 Å². The summed E-state index contributed by atoms with van der Waals surface area (Å²) in [6.07, 6.45) is 2.25. The van der Waals surface area contributed by atoms with E-state index in [2.05, 4.69) is 20.5 Å². The Bertz CT molecular complexity index is 1060.